The average molecular weight is 489 g/mol. The number of piperidine rings is 1. The summed E-state index contributed by atoms with van der Waals surface area (Å²) < 4.78 is 7.23. The Balaban J connectivity index is 1.22. The number of amides is 2. The zero-order valence-electron chi connectivity index (χ0n) is 20.1. The number of benzene rings is 1. The zero-order chi connectivity index (χ0) is 25.1. The van der Waals surface area contributed by atoms with Crippen LogP contribution in [0, 0.1) is 6.92 Å². The first-order chi connectivity index (χ1) is 17.5. The van der Waals surface area contributed by atoms with Crippen LogP contribution in [0.5, 0.6) is 0 Å². The van der Waals surface area contributed by atoms with E-state index >= 15 is 0 Å². The number of furan rings is 1. The summed E-state index contributed by atoms with van der Waals surface area (Å²) in [5.74, 6) is 0.303. The van der Waals surface area contributed by atoms with Crippen molar-refractivity contribution >= 4 is 22.8 Å². The number of aromatic amines is 1. The number of aromatic nitrogens is 4. The number of hydrogen-bond donors (Lipinski definition) is 1. The van der Waals surface area contributed by atoms with Gasteiger partial charge in [-0.3, -0.25) is 19.1 Å². The number of nitrogens with zero attached hydrogens (tertiary/aromatic N) is 5. The molecule has 5 rings (SSSR count). The first-order valence-corrected chi connectivity index (χ1v) is 12.1. The lowest BCUT2D eigenvalue weighted by Crippen LogP contribution is -2.42. The fraction of sp³-hybridized carbons (Fsp3) is 0.346. The predicted molar refractivity (Wildman–Crippen MR) is 132 cm³/mol. The van der Waals surface area contributed by atoms with Gasteiger partial charge in [0.25, 0.3) is 5.91 Å². The van der Waals surface area contributed by atoms with Crippen molar-refractivity contribution in [2.45, 2.75) is 38.8 Å². The summed E-state index contributed by atoms with van der Waals surface area (Å²) >= 11 is 0. The summed E-state index contributed by atoms with van der Waals surface area (Å²) in [6, 6.07) is 11.2. The summed E-state index contributed by atoms with van der Waals surface area (Å²) in [6.45, 7) is 3.39. The Morgan fingerprint density at radius 1 is 1.11 bits per heavy atom. The monoisotopic (exact) mass is 488 g/mol. The second-order valence-electron chi connectivity index (χ2n) is 9.03. The molecule has 2 amide bonds. The number of aryl methyl sites for hydroxylation is 1. The van der Waals surface area contributed by atoms with Gasteiger partial charge in [-0.2, -0.15) is 0 Å². The lowest BCUT2D eigenvalue weighted by molar-refractivity contribution is -0.132. The van der Waals surface area contributed by atoms with Crippen LogP contribution < -0.4 is 5.69 Å². The maximum absolute atomic E-state index is 13.1. The molecule has 1 aliphatic heterocycles. The molecule has 0 aliphatic carbocycles. The molecule has 1 aromatic carbocycles. The van der Waals surface area contributed by atoms with E-state index in [9.17, 15) is 14.4 Å². The molecular weight excluding hydrogens is 460 g/mol. The highest BCUT2D eigenvalue weighted by Gasteiger charge is 2.27. The van der Waals surface area contributed by atoms with Crippen molar-refractivity contribution in [3.05, 3.63) is 82.7 Å². The third kappa shape index (κ3) is 4.93. The van der Waals surface area contributed by atoms with Gasteiger partial charge in [-0.1, -0.05) is 12.1 Å². The SMILES string of the molecule is Cc1cnc(C(=O)N(CCC(=O)N2CCC(n3c(=O)[nH]c4ccccc43)CC2)Cc2ccco2)cn1. The van der Waals surface area contributed by atoms with Crippen molar-refractivity contribution in [1.82, 2.24) is 29.3 Å². The van der Waals surface area contributed by atoms with Crippen molar-refractivity contribution in [2.75, 3.05) is 19.6 Å². The van der Waals surface area contributed by atoms with Crippen LogP contribution in [0.15, 0.2) is 64.3 Å². The highest BCUT2D eigenvalue weighted by molar-refractivity contribution is 5.92. The third-order valence-corrected chi connectivity index (χ3v) is 6.62. The Bertz CT molecular complexity index is 1400. The molecule has 3 aromatic heterocycles. The molecule has 4 heterocycles. The highest BCUT2D eigenvalue weighted by Crippen LogP contribution is 2.25. The molecule has 36 heavy (non-hydrogen) atoms. The van der Waals surface area contributed by atoms with E-state index in [0.29, 0.717) is 31.7 Å². The zero-order valence-corrected chi connectivity index (χ0v) is 20.1. The maximum atomic E-state index is 13.1. The van der Waals surface area contributed by atoms with Crippen molar-refractivity contribution in [2.24, 2.45) is 0 Å². The summed E-state index contributed by atoms with van der Waals surface area (Å²) in [7, 11) is 0. The van der Waals surface area contributed by atoms with Gasteiger partial charge in [0.15, 0.2) is 0 Å². The van der Waals surface area contributed by atoms with Crippen LogP contribution in [0.2, 0.25) is 0 Å². The average Bonchev–Trinajstić information content (AvgIpc) is 3.53. The molecule has 0 bridgehead atoms. The second kappa shape index (κ2) is 10.2. The summed E-state index contributed by atoms with van der Waals surface area (Å²) in [5.41, 5.74) is 2.54. The van der Waals surface area contributed by atoms with E-state index < -0.39 is 0 Å². The number of imidazole rings is 1. The number of H-pyrrole nitrogens is 1. The van der Waals surface area contributed by atoms with Crippen LogP contribution in [0.3, 0.4) is 0 Å². The minimum Gasteiger partial charge on any atom is -0.467 e. The van der Waals surface area contributed by atoms with Crippen LogP contribution in [-0.2, 0) is 11.3 Å². The molecule has 0 spiro atoms. The Labute approximate surface area is 207 Å². The first-order valence-electron chi connectivity index (χ1n) is 12.1. The number of likely N-dealkylation sites (tertiary alicyclic amines) is 1. The molecule has 1 aliphatic rings. The Kier molecular flexibility index (Phi) is 6.66. The van der Waals surface area contributed by atoms with Crippen molar-refractivity contribution in [3.8, 4) is 0 Å². The standard InChI is InChI=1S/C26H28N6O4/c1-18-15-28-22(16-27-18)25(34)31(17-20-5-4-14-36-20)13-10-24(33)30-11-8-19(9-12-30)32-23-7-3-2-6-21(23)29-26(32)35/h2-7,14-16,19H,8-13,17H2,1H3,(H,29,35). The van der Waals surface area contributed by atoms with Gasteiger partial charge in [-0.25, -0.2) is 9.78 Å². The Morgan fingerprint density at radius 3 is 2.64 bits per heavy atom. The quantitative estimate of drug-likeness (QED) is 0.427. The molecule has 1 saturated heterocycles. The van der Waals surface area contributed by atoms with Gasteiger partial charge >= 0.3 is 5.69 Å². The third-order valence-electron chi connectivity index (χ3n) is 6.62. The first kappa shape index (κ1) is 23.5. The molecule has 0 unspecified atom stereocenters. The van der Waals surface area contributed by atoms with E-state index in [1.807, 2.05) is 33.7 Å². The van der Waals surface area contributed by atoms with E-state index in [0.717, 1.165) is 16.7 Å². The summed E-state index contributed by atoms with van der Waals surface area (Å²) in [5, 5.41) is 0. The summed E-state index contributed by atoms with van der Waals surface area (Å²) in [4.78, 5) is 53.3. The Morgan fingerprint density at radius 2 is 1.92 bits per heavy atom. The number of fused-ring (bicyclic) bond motifs is 1. The molecule has 1 fully saturated rings. The van der Waals surface area contributed by atoms with Crippen LogP contribution in [0.4, 0.5) is 0 Å². The maximum Gasteiger partial charge on any atom is 0.326 e. The molecule has 0 atom stereocenters. The van der Waals surface area contributed by atoms with E-state index in [1.165, 1.54) is 6.20 Å². The molecule has 10 nitrogen and oxygen atoms in total. The van der Waals surface area contributed by atoms with Gasteiger partial charge in [-0.15, -0.1) is 0 Å². The molecule has 1 N–H and O–H groups in total. The number of carbonyl (C=O) groups is 2. The van der Waals surface area contributed by atoms with E-state index in [4.69, 9.17) is 4.42 Å². The van der Waals surface area contributed by atoms with E-state index in [-0.39, 0.29) is 48.8 Å². The normalized spacial score (nSPS) is 14.3. The van der Waals surface area contributed by atoms with Crippen LogP contribution in [0.25, 0.3) is 11.0 Å². The van der Waals surface area contributed by atoms with E-state index in [2.05, 4.69) is 15.0 Å². The van der Waals surface area contributed by atoms with Gasteiger partial charge in [0, 0.05) is 38.3 Å². The smallest absolute Gasteiger partial charge is 0.326 e. The van der Waals surface area contributed by atoms with Gasteiger partial charge in [0.1, 0.15) is 11.5 Å². The fourth-order valence-corrected chi connectivity index (χ4v) is 4.71. The predicted octanol–water partition coefficient (Wildman–Crippen LogP) is 2.92. The lowest BCUT2D eigenvalue weighted by Gasteiger charge is -2.33. The second-order valence-corrected chi connectivity index (χ2v) is 9.03. The van der Waals surface area contributed by atoms with Gasteiger partial charge in [0.05, 0.1) is 35.7 Å². The van der Waals surface area contributed by atoms with Gasteiger partial charge < -0.3 is 19.2 Å². The van der Waals surface area contributed by atoms with Crippen LogP contribution in [0.1, 0.15) is 47.2 Å². The van der Waals surface area contributed by atoms with Gasteiger partial charge in [-0.05, 0) is 44.0 Å². The molecule has 186 valence electrons. The number of carbonyl (C=O) groups excluding carboxylic acids is 2. The summed E-state index contributed by atoms with van der Waals surface area (Å²) in [6.07, 6.45) is 6.13. The molecule has 0 radical (unpaired) electrons. The minimum absolute atomic E-state index is 0.0213. The Hall–Kier alpha value is -4.21. The topological polar surface area (TPSA) is 117 Å². The number of rotatable bonds is 7. The van der Waals surface area contributed by atoms with Crippen molar-refractivity contribution in [3.63, 3.8) is 0 Å². The molecule has 0 saturated carbocycles. The minimum atomic E-state index is -0.302. The number of hydrogen-bond acceptors (Lipinski definition) is 6. The molecule has 4 aromatic rings. The highest BCUT2D eigenvalue weighted by atomic mass is 16.3. The fourth-order valence-electron chi connectivity index (χ4n) is 4.71. The lowest BCUT2D eigenvalue weighted by atomic mass is 10.0. The van der Waals surface area contributed by atoms with Crippen molar-refractivity contribution in [1.29, 1.82) is 0 Å². The van der Waals surface area contributed by atoms with Gasteiger partial charge in [0.2, 0.25) is 5.91 Å². The molecule has 10 heteroatoms. The van der Waals surface area contributed by atoms with Crippen molar-refractivity contribution < 1.29 is 14.0 Å². The van der Waals surface area contributed by atoms with Crippen LogP contribution in [-0.4, -0.2) is 60.8 Å². The van der Waals surface area contributed by atoms with E-state index in [1.54, 1.807) is 36.4 Å². The molecular formula is C26H28N6O4. The van der Waals surface area contributed by atoms with Crippen LogP contribution >= 0.6 is 0 Å². The largest absolute Gasteiger partial charge is 0.467 e. The number of nitrogens with one attached hydrogen (secondary N) is 1. The number of para-hydroxylation sites is 2.